The number of sulfonamides is 1. The molecule has 9 nitrogen and oxygen atoms in total. The van der Waals surface area contributed by atoms with Crippen molar-refractivity contribution in [2.75, 3.05) is 13.6 Å². The van der Waals surface area contributed by atoms with Gasteiger partial charge >= 0.3 is 0 Å². The Labute approximate surface area is 169 Å². The van der Waals surface area contributed by atoms with Gasteiger partial charge in [0.25, 0.3) is 0 Å². The highest BCUT2D eigenvalue weighted by Crippen LogP contribution is 2.22. The summed E-state index contributed by atoms with van der Waals surface area (Å²) >= 11 is 0. The molecule has 0 radical (unpaired) electrons. The summed E-state index contributed by atoms with van der Waals surface area (Å²) in [5.74, 6) is -0.399. The first kappa shape index (κ1) is 20.9. The fourth-order valence-electron chi connectivity index (χ4n) is 2.81. The molecule has 0 fully saturated rings. The summed E-state index contributed by atoms with van der Waals surface area (Å²) in [7, 11) is -2.47. The Kier molecular flexibility index (Phi) is 6.23. The second-order valence-corrected chi connectivity index (χ2v) is 8.89. The van der Waals surface area contributed by atoms with Gasteiger partial charge in [0.1, 0.15) is 5.52 Å². The zero-order valence-corrected chi connectivity index (χ0v) is 17.4. The van der Waals surface area contributed by atoms with Crippen molar-refractivity contribution < 1.29 is 13.2 Å². The third kappa shape index (κ3) is 4.60. The lowest BCUT2D eigenvalue weighted by Crippen LogP contribution is -2.38. The molecule has 1 atom stereocenters. The summed E-state index contributed by atoms with van der Waals surface area (Å²) in [6.07, 6.45) is 4.17. The molecule has 2 aromatic heterocycles. The van der Waals surface area contributed by atoms with Gasteiger partial charge in [-0.3, -0.25) is 9.78 Å². The van der Waals surface area contributed by atoms with Crippen molar-refractivity contribution in [2.45, 2.75) is 37.8 Å². The largest absolute Gasteiger partial charge is 0.351 e. The first-order chi connectivity index (χ1) is 13.8. The van der Waals surface area contributed by atoms with E-state index < -0.39 is 15.9 Å². The number of pyridine rings is 1. The van der Waals surface area contributed by atoms with Crippen molar-refractivity contribution in [1.82, 2.24) is 29.6 Å². The number of fused-ring (bicyclic) bond motifs is 1. The number of aromatic nitrogens is 4. The number of amides is 1. The molecule has 0 unspecified atom stereocenters. The fraction of sp³-hybridized carbons (Fsp3) is 0.368. The quantitative estimate of drug-likeness (QED) is 0.599. The van der Waals surface area contributed by atoms with E-state index in [1.807, 2.05) is 19.9 Å². The first-order valence-electron chi connectivity index (χ1n) is 9.29. The summed E-state index contributed by atoms with van der Waals surface area (Å²) in [5, 5.41) is 10.9. The van der Waals surface area contributed by atoms with Crippen LogP contribution >= 0.6 is 0 Å². The number of hydrogen-bond donors (Lipinski definition) is 1. The third-order valence-electron chi connectivity index (χ3n) is 4.74. The monoisotopic (exact) mass is 416 g/mol. The SMILES string of the molecule is CC[C@H](C)n1nnc2cc(S(=O)(=O)N(C)CC(=O)NCc3cccnc3)ccc21. The molecular weight excluding hydrogens is 392 g/mol. The zero-order valence-electron chi connectivity index (χ0n) is 16.6. The molecule has 0 aliphatic carbocycles. The van der Waals surface area contributed by atoms with E-state index in [4.69, 9.17) is 0 Å². The summed E-state index contributed by atoms with van der Waals surface area (Å²) in [5.41, 5.74) is 2.11. The predicted molar refractivity (Wildman–Crippen MR) is 108 cm³/mol. The molecule has 0 bridgehead atoms. The van der Waals surface area contributed by atoms with Crippen LogP contribution in [0.25, 0.3) is 11.0 Å². The van der Waals surface area contributed by atoms with Crippen LogP contribution in [0.3, 0.4) is 0 Å². The van der Waals surface area contributed by atoms with Gasteiger partial charge in [-0.05, 0) is 43.2 Å². The maximum atomic E-state index is 12.9. The number of hydrogen-bond acceptors (Lipinski definition) is 6. The number of nitrogens with zero attached hydrogens (tertiary/aromatic N) is 5. The predicted octanol–water partition coefficient (Wildman–Crippen LogP) is 1.73. The van der Waals surface area contributed by atoms with Crippen LogP contribution in [-0.2, 0) is 21.4 Å². The minimum Gasteiger partial charge on any atom is -0.351 e. The van der Waals surface area contributed by atoms with Crippen molar-refractivity contribution in [3.8, 4) is 0 Å². The van der Waals surface area contributed by atoms with Crippen LogP contribution in [0, 0.1) is 0 Å². The van der Waals surface area contributed by atoms with Gasteiger partial charge in [-0.15, -0.1) is 5.10 Å². The zero-order chi connectivity index (χ0) is 21.0. The Morgan fingerprint density at radius 3 is 2.79 bits per heavy atom. The number of carbonyl (C=O) groups is 1. The molecule has 10 heteroatoms. The van der Waals surface area contributed by atoms with Crippen LogP contribution in [0.4, 0.5) is 0 Å². The highest BCUT2D eigenvalue weighted by Gasteiger charge is 2.24. The molecule has 0 saturated carbocycles. The molecule has 0 spiro atoms. The molecule has 0 aliphatic rings. The average molecular weight is 417 g/mol. The molecule has 1 aromatic carbocycles. The molecular formula is C19H24N6O3S. The standard InChI is InChI=1S/C19H24N6O3S/c1-4-14(2)25-18-8-7-16(10-17(18)22-23-25)29(27,28)24(3)13-19(26)21-12-15-6-5-9-20-11-15/h5-11,14H,4,12-13H2,1-3H3,(H,21,26)/t14-/m0/s1. The van der Waals surface area contributed by atoms with E-state index in [1.165, 1.54) is 19.2 Å². The summed E-state index contributed by atoms with van der Waals surface area (Å²) in [6, 6.07) is 8.46. The number of benzene rings is 1. The maximum Gasteiger partial charge on any atom is 0.243 e. The van der Waals surface area contributed by atoms with Gasteiger partial charge < -0.3 is 5.32 Å². The number of rotatable bonds is 8. The van der Waals surface area contributed by atoms with E-state index in [-0.39, 0.29) is 24.0 Å². The molecule has 0 saturated heterocycles. The van der Waals surface area contributed by atoms with Crippen molar-refractivity contribution in [3.05, 3.63) is 48.3 Å². The Balaban J connectivity index is 1.71. The summed E-state index contributed by atoms with van der Waals surface area (Å²) in [6.45, 7) is 4.06. The molecule has 1 amide bonds. The lowest BCUT2D eigenvalue weighted by atomic mass is 10.2. The van der Waals surface area contributed by atoms with Crippen molar-refractivity contribution in [2.24, 2.45) is 0 Å². The van der Waals surface area contributed by atoms with E-state index in [0.717, 1.165) is 21.8 Å². The van der Waals surface area contributed by atoms with E-state index in [1.54, 1.807) is 29.2 Å². The maximum absolute atomic E-state index is 12.9. The Hall–Kier alpha value is -2.85. The Morgan fingerprint density at radius 2 is 2.10 bits per heavy atom. The molecule has 3 rings (SSSR count). The van der Waals surface area contributed by atoms with Crippen LogP contribution in [0.1, 0.15) is 31.9 Å². The van der Waals surface area contributed by atoms with Crippen molar-refractivity contribution in [3.63, 3.8) is 0 Å². The summed E-state index contributed by atoms with van der Waals surface area (Å²) in [4.78, 5) is 16.2. The smallest absolute Gasteiger partial charge is 0.243 e. The van der Waals surface area contributed by atoms with Crippen molar-refractivity contribution in [1.29, 1.82) is 0 Å². The van der Waals surface area contributed by atoms with E-state index in [2.05, 4.69) is 20.6 Å². The molecule has 1 N–H and O–H groups in total. The minimum absolute atomic E-state index is 0.0729. The third-order valence-corrected chi connectivity index (χ3v) is 6.54. The van der Waals surface area contributed by atoms with Crippen LogP contribution in [-0.4, -0.2) is 52.2 Å². The van der Waals surface area contributed by atoms with Gasteiger partial charge in [0.2, 0.25) is 15.9 Å². The molecule has 2 heterocycles. The van der Waals surface area contributed by atoms with E-state index in [9.17, 15) is 13.2 Å². The fourth-order valence-corrected chi connectivity index (χ4v) is 3.95. The van der Waals surface area contributed by atoms with Gasteiger partial charge in [-0.25, -0.2) is 13.1 Å². The first-order valence-corrected chi connectivity index (χ1v) is 10.7. The second kappa shape index (κ2) is 8.66. The average Bonchev–Trinajstić information content (AvgIpc) is 3.15. The van der Waals surface area contributed by atoms with Crippen LogP contribution in [0.15, 0.2) is 47.6 Å². The van der Waals surface area contributed by atoms with Gasteiger partial charge in [-0.1, -0.05) is 18.2 Å². The molecule has 154 valence electrons. The van der Waals surface area contributed by atoms with Gasteiger partial charge in [-0.2, -0.15) is 4.31 Å². The van der Waals surface area contributed by atoms with Crippen LogP contribution in [0.2, 0.25) is 0 Å². The Morgan fingerprint density at radius 1 is 1.31 bits per heavy atom. The molecule has 0 aliphatic heterocycles. The second-order valence-electron chi connectivity index (χ2n) is 6.84. The van der Waals surface area contributed by atoms with Gasteiger partial charge in [0.15, 0.2) is 0 Å². The van der Waals surface area contributed by atoms with Crippen LogP contribution in [0.5, 0.6) is 0 Å². The summed E-state index contributed by atoms with van der Waals surface area (Å²) < 4.78 is 28.5. The minimum atomic E-state index is -3.84. The van der Waals surface area contributed by atoms with E-state index in [0.29, 0.717) is 5.52 Å². The Bertz CT molecular complexity index is 1100. The molecule has 3 aromatic rings. The van der Waals surface area contributed by atoms with Crippen LogP contribution < -0.4 is 5.32 Å². The van der Waals surface area contributed by atoms with E-state index >= 15 is 0 Å². The number of nitrogens with one attached hydrogen (secondary N) is 1. The number of carbonyl (C=O) groups excluding carboxylic acids is 1. The highest BCUT2D eigenvalue weighted by atomic mass is 32.2. The molecule has 29 heavy (non-hydrogen) atoms. The normalized spacial score (nSPS) is 13.0. The van der Waals surface area contributed by atoms with Gasteiger partial charge in [0.05, 0.1) is 23.0 Å². The number of likely N-dealkylation sites (N-methyl/N-ethyl adjacent to an activating group) is 1. The lowest BCUT2D eigenvalue weighted by Gasteiger charge is -2.17. The highest BCUT2D eigenvalue weighted by molar-refractivity contribution is 7.89. The lowest BCUT2D eigenvalue weighted by molar-refractivity contribution is -0.121. The topological polar surface area (TPSA) is 110 Å². The van der Waals surface area contributed by atoms with Crippen molar-refractivity contribution >= 4 is 27.0 Å². The van der Waals surface area contributed by atoms with Gasteiger partial charge in [0, 0.05) is 26.0 Å².